The van der Waals surface area contributed by atoms with Gasteiger partial charge in [-0.3, -0.25) is 14.2 Å². The molecule has 1 aliphatic rings. The third-order valence-corrected chi connectivity index (χ3v) is 5.45. The van der Waals surface area contributed by atoms with Crippen LogP contribution in [0.1, 0.15) is 59.2 Å². The number of rotatable bonds is 6. The highest BCUT2D eigenvalue weighted by Gasteiger charge is 2.23. The normalized spacial score (nSPS) is 14.2. The third-order valence-electron chi connectivity index (χ3n) is 5.45. The molecule has 30 heavy (non-hydrogen) atoms. The summed E-state index contributed by atoms with van der Waals surface area (Å²) in [6, 6.07) is 7.21. The Morgan fingerprint density at radius 3 is 2.70 bits per heavy atom. The van der Waals surface area contributed by atoms with Crippen LogP contribution in [-0.2, 0) is 6.42 Å². The van der Waals surface area contributed by atoms with Gasteiger partial charge in [-0.1, -0.05) is 18.0 Å². The summed E-state index contributed by atoms with van der Waals surface area (Å²) in [5.41, 5.74) is 0.657. The number of nitrogens with one attached hydrogen (secondary N) is 1. The first-order chi connectivity index (χ1) is 14.5. The van der Waals surface area contributed by atoms with E-state index in [9.17, 15) is 14.0 Å². The van der Waals surface area contributed by atoms with Crippen LogP contribution in [0.4, 0.5) is 4.39 Å². The number of hydrogen-bond acceptors (Lipinski definition) is 5. The molecule has 7 nitrogen and oxygen atoms in total. The van der Waals surface area contributed by atoms with Gasteiger partial charge in [-0.2, -0.15) is 4.98 Å². The Bertz CT molecular complexity index is 1100. The smallest absolute Gasteiger partial charge is 0.268 e. The second-order valence-electron chi connectivity index (χ2n) is 7.56. The summed E-state index contributed by atoms with van der Waals surface area (Å²) in [6.07, 6.45) is 6.51. The fraction of sp³-hybridized carbons (Fsp3) is 0.364. The van der Waals surface area contributed by atoms with Crippen LogP contribution in [0.3, 0.4) is 0 Å². The van der Waals surface area contributed by atoms with Crippen molar-refractivity contribution in [3.8, 4) is 5.69 Å². The van der Waals surface area contributed by atoms with Crippen molar-refractivity contribution in [3.63, 3.8) is 0 Å². The average molecular weight is 410 g/mol. The standard InChI is InChI=1S/C22H23FN4O3/c1-14-11-13-27(17-8-6-16(23)7-9-17)22(29)19(14)20(28)24-12-10-18-25-21(30-26-18)15-4-2-3-5-15/h6-9,11,13,15H,2-5,10,12H2,1H3,(H,24,28). The molecule has 3 aromatic rings. The van der Waals surface area contributed by atoms with Crippen molar-refractivity contribution in [1.29, 1.82) is 0 Å². The molecule has 1 N–H and O–H groups in total. The summed E-state index contributed by atoms with van der Waals surface area (Å²) >= 11 is 0. The zero-order valence-corrected chi connectivity index (χ0v) is 16.7. The Labute approximate surface area is 172 Å². The first-order valence-electron chi connectivity index (χ1n) is 10.1. The molecule has 0 atom stereocenters. The number of halogens is 1. The van der Waals surface area contributed by atoms with E-state index in [1.54, 1.807) is 19.2 Å². The van der Waals surface area contributed by atoms with Gasteiger partial charge in [-0.05, 0) is 55.7 Å². The Kier molecular flexibility index (Phi) is 5.74. The summed E-state index contributed by atoms with van der Waals surface area (Å²) < 4.78 is 19.9. The quantitative estimate of drug-likeness (QED) is 0.673. The lowest BCUT2D eigenvalue weighted by Crippen LogP contribution is -2.34. The van der Waals surface area contributed by atoms with Crippen LogP contribution in [0.5, 0.6) is 0 Å². The summed E-state index contributed by atoms with van der Waals surface area (Å²) in [5.74, 6) is 0.710. The lowest BCUT2D eigenvalue weighted by molar-refractivity contribution is 0.0951. The maximum absolute atomic E-state index is 13.2. The summed E-state index contributed by atoms with van der Waals surface area (Å²) in [4.78, 5) is 30.0. The predicted octanol–water partition coefficient (Wildman–Crippen LogP) is 3.30. The fourth-order valence-electron chi connectivity index (χ4n) is 3.79. The minimum Gasteiger partial charge on any atom is -0.351 e. The summed E-state index contributed by atoms with van der Waals surface area (Å²) in [6.45, 7) is 1.99. The van der Waals surface area contributed by atoms with Crippen LogP contribution >= 0.6 is 0 Å². The molecule has 2 aromatic heterocycles. The second kappa shape index (κ2) is 8.61. The number of carbonyl (C=O) groups is 1. The Morgan fingerprint density at radius 2 is 1.97 bits per heavy atom. The average Bonchev–Trinajstić information content (AvgIpc) is 3.41. The van der Waals surface area contributed by atoms with Crippen LogP contribution in [0.2, 0.25) is 0 Å². The first kappa shape index (κ1) is 20.0. The molecular weight excluding hydrogens is 387 g/mol. The molecule has 0 aliphatic heterocycles. The van der Waals surface area contributed by atoms with E-state index in [0.29, 0.717) is 35.3 Å². The zero-order chi connectivity index (χ0) is 21.1. The van der Waals surface area contributed by atoms with Gasteiger partial charge < -0.3 is 9.84 Å². The van der Waals surface area contributed by atoms with Gasteiger partial charge in [0.25, 0.3) is 11.5 Å². The lowest BCUT2D eigenvalue weighted by Gasteiger charge is -2.11. The van der Waals surface area contributed by atoms with Crippen molar-refractivity contribution >= 4 is 5.91 Å². The zero-order valence-electron chi connectivity index (χ0n) is 16.7. The fourth-order valence-corrected chi connectivity index (χ4v) is 3.79. The Morgan fingerprint density at radius 1 is 1.23 bits per heavy atom. The Balaban J connectivity index is 1.44. The van der Waals surface area contributed by atoms with Crippen molar-refractivity contribution in [3.05, 3.63) is 75.5 Å². The number of aryl methyl sites for hydroxylation is 1. The van der Waals surface area contributed by atoms with Gasteiger partial charge in [0.1, 0.15) is 11.4 Å². The maximum atomic E-state index is 13.2. The lowest BCUT2D eigenvalue weighted by atomic mass is 10.1. The second-order valence-corrected chi connectivity index (χ2v) is 7.56. The van der Waals surface area contributed by atoms with Gasteiger partial charge in [0.05, 0.1) is 0 Å². The van der Waals surface area contributed by atoms with E-state index in [4.69, 9.17) is 4.52 Å². The van der Waals surface area contributed by atoms with E-state index in [1.165, 1.54) is 41.7 Å². The molecule has 156 valence electrons. The largest absolute Gasteiger partial charge is 0.351 e. The van der Waals surface area contributed by atoms with Crippen LogP contribution in [0, 0.1) is 12.7 Å². The van der Waals surface area contributed by atoms with Crippen molar-refractivity contribution in [2.45, 2.75) is 44.9 Å². The van der Waals surface area contributed by atoms with Crippen LogP contribution in [0.15, 0.2) is 45.8 Å². The third kappa shape index (κ3) is 4.17. The molecule has 8 heteroatoms. The highest BCUT2D eigenvalue weighted by Crippen LogP contribution is 2.32. The minimum absolute atomic E-state index is 0.0570. The maximum Gasteiger partial charge on any atom is 0.268 e. The van der Waals surface area contributed by atoms with Gasteiger partial charge in [-0.25, -0.2) is 4.39 Å². The number of carbonyl (C=O) groups excluding carboxylic acids is 1. The molecule has 1 saturated carbocycles. The molecule has 1 fully saturated rings. The molecular formula is C22H23FN4O3. The van der Waals surface area contributed by atoms with Crippen molar-refractivity contribution in [1.82, 2.24) is 20.0 Å². The SMILES string of the molecule is Cc1ccn(-c2ccc(F)cc2)c(=O)c1C(=O)NCCc1noc(C2CCCC2)n1. The first-order valence-corrected chi connectivity index (χ1v) is 10.1. The number of amides is 1. The van der Waals surface area contributed by atoms with E-state index in [2.05, 4.69) is 15.5 Å². The van der Waals surface area contributed by atoms with Crippen LogP contribution < -0.4 is 10.9 Å². The van der Waals surface area contributed by atoms with Crippen molar-refractivity contribution in [2.24, 2.45) is 0 Å². The highest BCUT2D eigenvalue weighted by atomic mass is 19.1. The molecule has 0 radical (unpaired) electrons. The molecule has 1 aliphatic carbocycles. The number of hydrogen-bond donors (Lipinski definition) is 1. The van der Waals surface area contributed by atoms with Gasteiger partial charge in [0.2, 0.25) is 5.89 Å². The van der Waals surface area contributed by atoms with Crippen LogP contribution in [0.25, 0.3) is 5.69 Å². The highest BCUT2D eigenvalue weighted by molar-refractivity contribution is 5.95. The summed E-state index contributed by atoms with van der Waals surface area (Å²) in [5, 5.41) is 6.75. The molecule has 4 rings (SSSR count). The van der Waals surface area contributed by atoms with Crippen molar-refractivity contribution in [2.75, 3.05) is 6.54 Å². The van der Waals surface area contributed by atoms with Gasteiger partial charge in [0, 0.05) is 30.8 Å². The molecule has 0 spiro atoms. The number of pyridine rings is 1. The molecule has 0 saturated heterocycles. The van der Waals surface area contributed by atoms with E-state index in [0.717, 1.165) is 12.8 Å². The summed E-state index contributed by atoms with van der Waals surface area (Å²) in [7, 11) is 0. The monoisotopic (exact) mass is 410 g/mol. The topological polar surface area (TPSA) is 90.0 Å². The Hall–Kier alpha value is -3.29. The van der Waals surface area contributed by atoms with Crippen LogP contribution in [-0.4, -0.2) is 27.2 Å². The van der Waals surface area contributed by atoms with E-state index < -0.39 is 17.3 Å². The van der Waals surface area contributed by atoms with Crippen molar-refractivity contribution < 1.29 is 13.7 Å². The van der Waals surface area contributed by atoms with Gasteiger partial charge in [-0.15, -0.1) is 0 Å². The van der Waals surface area contributed by atoms with E-state index in [1.807, 2.05) is 0 Å². The number of nitrogens with zero attached hydrogens (tertiary/aromatic N) is 3. The van der Waals surface area contributed by atoms with Gasteiger partial charge >= 0.3 is 0 Å². The number of benzene rings is 1. The molecule has 0 unspecified atom stereocenters. The molecule has 1 aromatic carbocycles. The minimum atomic E-state index is -0.464. The predicted molar refractivity (Wildman–Crippen MR) is 108 cm³/mol. The van der Waals surface area contributed by atoms with E-state index >= 15 is 0 Å². The molecule has 1 amide bonds. The van der Waals surface area contributed by atoms with E-state index in [-0.39, 0.29) is 12.1 Å². The molecule has 2 heterocycles. The van der Waals surface area contributed by atoms with Gasteiger partial charge in [0.15, 0.2) is 5.82 Å². The molecule has 0 bridgehead atoms. The number of aromatic nitrogens is 3.